The number of aromatic hydroxyl groups is 1. The van der Waals surface area contributed by atoms with Crippen LogP contribution in [0.4, 0.5) is 0 Å². The predicted molar refractivity (Wildman–Crippen MR) is 175 cm³/mol. The van der Waals surface area contributed by atoms with Gasteiger partial charge in [-0.15, -0.1) is 0 Å². The molecule has 0 heterocycles. The molecule has 2 N–H and O–H groups in total. The van der Waals surface area contributed by atoms with Crippen molar-refractivity contribution >= 4 is 7.60 Å². The number of benzene rings is 4. The third-order valence-electron chi connectivity index (χ3n) is 8.45. The molecule has 1 unspecified atom stereocenters. The van der Waals surface area contributed by atoms with Gasteiger partial charge in [0.15, 0.2) is 0 Å². The molecule has 0 aliphatic carbocycles. The van der Waals surface area contributed by atoms with Gasteiger partial charge < -0.3 is 14.7 Å². The van der Waals surface area contributed by atoms with Crippen molar-refractivity contribution in [2.45, 2.75) is 77.4 Å². The van der Waals surface area contributed by atoms with Crippen molar-refractivity contribution in [2.75, 3.05) is 6.66 Å². The number of hydrogen-bond donors (Lipinski definition) is 2. The maximum atomic E-state index is 13.5. The Hall–Kier alpha value is -3.37. The van der Waals surface area contributed by atoms with E-state index >= 15 is 0 Å². The lowest BCUT2D eigenvalue weighted by molar-refractivity contribution is 0.0785. The molecule has 5 nitrogen and oxygen atoms in total. The number of phenols is 1. The topological polar surface area (TPSA) is 76.0 Å². The number of aliphatic hydroxyl groups is 1. The average molecular weight is 601 g/mol. The van der Waals surface area contributed by atoms with Crippen LogP contribution in [0.5, 0.6) is 11.5 Å². The van der Waals surface area contributed by atoms with Gasteiger partial charge in [0.05, 0.1) is 11.2 Å². The van der Waals surface area contributed by atoms with Gasteiger partial charge in [-0.1, -0.05) is 100 Å². The molecule has 4 rings (SSSR count). The van der Waals surface area contributed by atoms with Crippen molar-refractivity contribution in [3.8, 4) is 11.5 Å². The smallest absolute Gasteiger partial charge is 0.376 e. The minimum atomic E-state index is -3.48. The van der Waals surface area contributed by atoms with E-state index in [9.17, 15) is 14.8 Å². The van der Waals surface area contributed by atoms with Gasteiger partial charge in [-0.3, -0.25) is 4.52 Å². The average Bonchev–Trinajstić information content (AvgIpc) is 2.92. The van der Waals surface area contributed by atoms with E-state index in [1.54, 1.807) is 26.0 Å². The highest BCUT2D eigenvalue weighted by Gasteiger charge is 2.33. The second-order valence-electron chi connectivity index (χ2n) is 13.5. The van der Waals surface area contributed by atoms with Crippen LogP contribution in [0.3, 0.4) is 0 Å². The van der Waals surface area contributed by atoms with E-state index in [2.05, 4.69) is 52.0 Å². The van der Waals surface area contributed by atoms with Gasteiger partial charge in [0.2, 0.25) is 0 Å². The zero-order chi connectivity index (χ0) is 31.8. The first-order valence-electron chi connectivity index (χ1n) is 14.6. The number of rotatable bonds is 10. The molecular weight excluding hydrogens is 555 g/mol. The van der Waals surface area contributed by atoms with Crippen LogP contribution in [0.2, 0.25) is 0 Å². The molecule has 4 aromatic carbocycles. The van der Waals surface area contributed by atoms with E-state index in [4.69, 9.17) is 9.05 Å². The summed E-state index contributed by atoms with van der Waals surface area (Å²) in [6.07, 6.45) is 0. The quantitative estimate of drug-likeness (QED) is 0.177. The first-order valence-corrected chi connectivity index (χ1v) is 16.6. The summed E-state index contributed by atoms with van der Waals surface area (Å²) < 4.78 is 25.6. The van der Waals surface area contributed by atoms with Crippen LogP contribution in [-0.2, 0) is 31.1 Å². The molecule has 0 aromatic heterocycles. The summed E-state index contributed by atoms with van der Waals surface area (Å²) in [5, 5.41) is 20.0. The van der Waals surface area contributed by atoms with Crippen molar-refractivity contribution < 1.29 is 23.8 Å². The second-order valence-corrected chi connectivity index (χ2v) is 15.4. The Balaban J connectivity index is 1.45. The Kier molecular flexibility index (Phi) is 8.79. The highest BCUT2D eigenvalue weighted by Crippen LogP contribution is 2.51. The Morgan fingerprint density at radius 2 is 0.860 bits per heavy atom. The molecule has 0 amide bonds. The van der Waals surface area contributed by atoms with Crippen molar-refractivity contribution in [3.05, 3.63) is 130 Å². The van der Waals surface area contributed by atoms with E-state index in [-0.39, 0.29) is 16.6 Å². The molecule has 0 radical (unpaired) electrons. The summed E-state index contributed by atoms with van der Waals surface area (Å²) in [6.45, 7) is 17.4. The fraction of sp³-hybridized carbons (Fsp3) is 0.351. The normalized spacial score (nSPS) is 14.3. The van der Waals surface area contributed by atoms with Crippen LogP contribution < -0.4 is 4.52 Å². The Labute approximate surface area is 257 Å². The maximum Gasteiger partial charge on any atom is 0.376 e. The summed E-state index contributed by atoms with van der Waals surface area (Å²) in [6, 6.07) is 31.1. The van der Waals surface area contributed by atoms with Crippen LogP contribution >= 0.6 is 7.60 Å². The molecule has 0 aliphatic rings. The van der Waals surface area contributed by atoms with Gasteiger partial charge in [0.1, 0.15) is 11.5 Å². The molecular formula is C37H45O5P. The van der Waals surface area contributed by atoms with Crippen molar-refractivity contribution in [3.63, 3.8) is 0 Å². The number of hydrogen-bond acceptors (Lipinski definition) is 5. The molecule has 43 heavy (non-hydrogen) atoms. The Bertz CT molecular complexity index is 1580. The summed E-state index contributed by atoms with van der Waals surface area (Å²) >= 11 is 0. The van der Waals surface area contributed by atoms with Gasteiger partial charge >= 0.3 is 7.60 Å². The monoisotopic (exact) mass is 600 g/mol. The summed E-state index contributed by atoms with van der Waals surface area (Å²) in [4.78, 5) is 0. The fourth-order valence-corrected chi connectivity index (χ4v) is 6.88. The molecule has 0 aliphatic heterocycles. The van der Waals surface area contributed by atoms with E-state index < -0.39 is 18.8 Å². The summed E-state index contributed by atoms with van der Waals surface area (Å²) in [5.41, 5.74) is 3.88. The number of phenolic OH excluding ortho intramolecular Hbond substituents is 1. The lowest BCUT2D eigenvalue weighted by Crippen LogP contribution is -2.23. The molecule has 0 bridgehead atoms. The van der Waals surface area contributed by atoms with E-state index in [1.165, 1.54) is 6.66 Å². The molecule has 228 valence electrons. The predicted octanol–water partition coefficient (Wildman–Crippen LogP) is 9.42. The highest BCUT2D eigenvalue weighted by molar-refractivity contribution is 7.53. The molecule has 0 saturated carbocycles. The summed E-state index contributed by atoms with van der Waals surface area (Å²) in [5.74, 6) is 0.721. The van der Waals surface area contributed by atoms with Gasteiger partial charge in [0, 0.05) is 17.5 Å². The minimum absolute atomic E-state index is 0.245. The van der Waals surface area contributed by atoms with Crippen molar-refractivity contribution in [1.82, 2.24) is 0 Å². The molecule has 0 spiro atoms. The first-order chi connectivity index (χ1) is 19.8. The molecule has 4 aromatic rings. The van der Waals surface area contributed by atoms with Crippen molar-refractivity contribution in [2.24, 2.45) is 0 Å². The summed E-state index contributed by atoms with van der Waals surface area (Å²) in [7, 11) is -3.48. The first kappa shape index (κ1) is 32.5. The van der Waals surface area contributed by atoms with Gasteiger partial charge in [-0.2, -0.15) is 0 Å². The highest BCUT2D eigenvalue weighted by atomic mass is 31.2. The standard InChI is InChI=1S/C37H45O5P/c1-34(2,28-18-22-32(38)23-19-28)27-12-16-31(17-13-27)37(7,8)42-43(9,40)41-33-24-20-29(21-25-33)35(3,4)26-10-14-30(15-11-26)36(5,6)39/h10-25,38-39H,1-9H3. The van der Waals surface area contributed by atoms with E-state index in [0.29, 0.717) is 5.75 Å². The van der Waals surface area contributed by atoms with Crippen LogP contribution in [0.25, 0.3) is 0 Å². The molecule has 0 fully saturated rings. The third-order valence-corrected chi connectivity index (χ3v) is 9.78. The zero-order valence-corrected chi connectivity index (χ0v) is 27.7. The van der Waals surface area contributed by atoms with E-state index in [1.807, 2.05) is 74.5 Å². The third kappa shape index (κ3) is 7.41. The van der Waals surface area contributed by atoms with Gasteiger partial charge in [-0.25, -0.2) is 4.57 Å². The molecule has 1 atom stereocenters. The minimum Gasteiger partial charge on any atom is -0.508 e. The lowest BCUT2D eigenvalue weighted by atomic mass is 9.77. The van der Waals surface area contributed by atoms with Crippen LogP contribution in [0.15, 0.2) is 97.1 Å². The zero-order valence-electron chi connectivity index (χ0n) is 26.8. The van der Waals surface area contributed by atoms with Gasteiger partial charge in [-0.05, 0) is 85.3 Å². The molecule has 0 saturated heterocycles. The maximum absolute atomic E-state index is 13.5. The Morgan fingerprint density at radius 1 is 0.535 bits per heavy atom. The van der Waals surface area contributed by atoms with Crippen LogP contribution in [-0.4, -0.2) is 16.9 Å². The second kappa shape index (κ2) is 11.6. The lowest BCUT2D eigenvalue weighted by Gasteiger charge is -2.31. The van der Waals surface area contributed by atoms with Gasteiger partial charge in [0.25, 0.3) is 0 Å². The van der Waals surface area contributed by atoms with Crippen LogP contribution in [0.1, 0.15) is 88.8 Å². The van der Waals surface area contributed by atoms with E-state index in [0.717, 1.165) is 33.4 Å². The largest absolute Gasteiger partial charge is 0.508 e. The Morgan fingerprint density at radius 3 is 1.26 bits per heavy atom. The van der Waals surface area contributed by atoms with Crippen molar-refractivity contribution in [1.29, 1.82) is 0 Å². The fourth-order valence-electron chi connectivity index (χ4n) is 5.40. The van der Waals surface area contributed by atoms with Crippen LogP contribution in [0, 0.1) is 0 Å². The molecule has 6 heteroatoms. The SMILES string of the molecule is CC(C)(O)c1ccc(C(C)(C)c2ccc(OP(C)(=O)OC(C)(C)c3ccc(C(C)(C)c4ccc(O)cc4)cc3)cc2)cc1.